The highest BCUT2D eigenvalue weighted by Crippen LogP contribution is 2.42. The van der Waals surface area contributed by atoms with Gasteiger partial charge in [0.1, 0.15) is 6.04 Å². The first kappa shape index (κ1) is 21.7. The van der Waals surface area contributed by atoms with Crippen LogP contribution in [-0.4, -0.2) is 21.5 Å². The maximum absolute atomic E-state index is 15.2. The third kappa shape index (κ3) is 3.27. The van der Waals surface area contributed by atoms with Crippen molar-refractivity contribution in [2.24, 2.45) is 0 Å². The Morgan fingerprint density at radius 2 is 1.61 bits per heavy atom. The number of H-pyrrole nitrogens is 1. The molecule has 1 aliphatic heterocycles. The van der Waals surface area contributed by atoms with Crippen molar-refractivity contribution in [3.05, 3.63) is 86.3 Å². The van der Waals surface area contributed by atoms with Crippen LogP contribution in [0.1, 0.15) is 39.8 Å². The first-order valence-electron chi connectivity index (χ1n) is 10.4. The summed E-state index contributed by atoms with van der Waals surface area (Å²) in [6.07, 6.45) is 0.373. The van der Waals surface area contributed by atoms with Crippen LogP contribution in [0.15, 0.2) is 24.3 Å². The summed E-state index contributed by atoms with van der Waals surface area (Å²) in [4.78, 5) is 13.4. The summed E-state index contributed by atoms with van der Waals surface area (Å²) in [5.41, 5.74) is 2.11. The van der Waals surface area contributed by atoms with Crippen LogP contribution >= 0.6 is 11.6 Å². The lowest BCUT2D eigenvalue weighted by atomic mass is 9.91. The molecule has 33 heavy (non-hydrogen) atoms. The summed E-state index contributed by atoms with van der Waals surface area (Å²) in [6, 6.07) is 5.19. The molecule has 5 rings (SSSR count). The van der Waals surface area contributed by atoms with Gasteiger partial charge >= 0.3 is 0 Å². The zero-order valence-electron chi connectivity index (χ0n) is 18.0. The van der Waals surface area contributed by atoms with Gasteiger partial charge < -0.3 is 9.88 Å². The molecule has 2 aromatic carbocycles. The first-order chi connectivity index (χ1) is 15.7. The molecule has 1 aliphatic rings. The van der Waals surface area contributed by atoms with Gasteiger partial charge in [-0.2, -0.15) is 0 Å². The van der Waals surface area contributed by atoms with Gasteiger partial charge in [0.25, 0.3) is 0 Å². The van der Waals surface area contributed by atoms with Crippen LogP contribution in [-0.2, 0) is 6.42 Å². The number of aryl methyl sites for hydroxylation is 3. The highest BCUT2D eigenvalue weighted by molar-refractivity contribution is 6.31. The molecular weight excluding hydrogens is 456 g/mol. The molecule has 0 spiro atoms. The highest BCUT2D eigenvalue weighted by atomic mass is 35.5. The van der Waals surface area contributed by atoms with Crippen molar-refractivity contribution >= 4 is 28.5 Å². The van der Waals surface area contributed by atoms with Crippen LogP contribution in [0.5, 0.6) is 0 Å². The fourth-order valence-electron chi connectivity index (χ4n) is 4.54. The normalized spacial score (nSPS) is 15.9. The lowest BCUT2D eigenvalue weighted by molar-refractivity contribution is 0.480. The van der Waals surface area contributed by atoms with E-state index in [1.807, 2.05) is 0 Å². The molecule has 0 aliphatic carbocycles. The molecule has 0 saturated heterocycles. The molecule has 2 aromatic heterocycles. The van der Waals surface area contributed by atoms with Gasteiger partial charge in [0.2, 0.25) is 5.95 Å². The van der Waals surface area contributed by atoms with E-state index < -0.39 is 29.3 Å². The van der Waals surface area contributed by atoms with E-state index in [-0.39, 0.29) is 40.0 Å². The van der Waals surface area contributed by atoms with Gasteiger partial charge in [-0.05, 0) is 50.5 Å². The monoisotopic (exact) mass is 474 g/mol. The van der Waals surface area contributed by atoms with E-state index in [2.05, 4.69) is 15.0 Å². The molecule has 1 N–H and O–H groups in total. The van der Waals surface area contributed by atoms with Gasteiger partial charge in [-0.1, -0.05) is 23.7 Å². The number of aromatic nitrogens is 3. The molecule has 170 valence electrons. The van der Waals surface area contributed by atoms with Crippen LogP contribution < -0.4 is 4.90 Å². The van der Waals surface area contributed by atoms with Crippen molar-refractivity contribution in [1.29, 1.82) is 0 Å². The third-order valence-corrected chi connectivity index (χ3v) is 6.50. The zero-order valence-corrected chi connectivity index (χ0v) is 18.8. The molecule has 0 saturated carbocycles. The highest BCUT2D eigenvalue weighted by Gasteiger charge is 2.37. The number of anilines is 1. The van der Waals surface area contributed by atoms with E-state index in [1.165, 1.54) is 39.0 Å². The van der Waals surface area contributed by atoms with Crippen molar-refractivity contribution in [2.75, 3.05) is 11.4 Å². The molecule has 0 amide bonds. The van der Waals surface area contributed by atoms with Crippen LogP contribution in [0, 0.1) is 44.0 Å². The van der Waals surface area contributed by atoms with E-state index in [1.54, 1.807) is 11.0 Å². The molecule has 0 unspecified atom stereocenters. The van der Waals surface area contributed by atoms with Crippen molar-refractivity contribution < 1.29 is 17.6 Å². The number of hydrogen-bond acceptors (Lipinski definition) is 3. The number of aromatic amines is 1. The average Bonchev–Trinajstić information content (AvgIpc) is 3.17. The van der Waals surface area contributed by atoms with E-state index >= 15 is 4.39 Å². The summed E-state index contributed by atoms with van der Waals surface area (Å²) in [5.74, 6) is -2.88. The number of hydrogen-bond donors (Lipinski definition) is 1. The first-order valence-corrected chi connectivity index (χ1v) is 10.8. The zero-order chi connectivity index (χ0) is 23.6. The Labute approximate surface area is 192 Å². The minimum atomic E-state index is -1.01. The van der Waals surface area contributed by atoms with Crippen LogP contribution in [0.25, 0.3) is 10.9 Å². The van der Waals surface area contributed by atoms with E-state index in [4.69, 9.17) is 11.6 Å². The minimum Gasteiger partial charge on any atom is -0.356 e. The molecule has 0 fully saturated rings. The molecule has 4 nitrogen and oxygen atoms in total. The molecule has 0 bridgehead atoms. The third-order valence-electron chi connectivity index (χ3n) is 6.21. The van der Waals surface area contributed by atoms with Crippen LogP contribution in [0.3, 0.4) is 0 Å². The number of rotatable bonds is 2. The maximum atomic E-state index is 15.2. The topological polar surface area (TPSA) is 44.8 Å². The fraction of sp³-hybridized carbons (Fsp3) is 0.250. The summed E-state index contributed by atoms with van der Waals surface area (Å²) in [7, 11) is 0. The fourth-order valence-corrected chi connectivity index (χ4v) is 4.70. The molecule has 3 heterocycles. The number of nitrogens with one attached hydrogen (secondary N) is 1. The Hall–Kier alpha value is -3.13. The summed E-state index contributed by atoms with van der Waals surface area (Å²) >= 11 is 6.01. The van der Waals surface area contributed by atoms with Crippen LogP contribution in [0.4, 0.5) is 23.5 Å². The average molecular weight is 475 g/mol. The van der Waals surface area contributed by atoms with Crippen molar-refractivity contribution in [2.45, 2.75) is 33.2 Å². The lowest BCUT2D eigenvalue weighted by Gasteiger charge is -2.36. The summed E-state index contributed by atoms with van der Waals surface area (Å²) in [6.45, 7) is 4.78. The van der Waals surface area contributed by atoms with E-state index in [0.717, 1.165) is 0 Å². The maximum Gasteiger partial charge on any atom is 0.226 e. The standard InChI is InChI=1S/C24H19ClF4N4/c1-10-4-5-14(20(28)18(10)26)23-22-13(17-16(32-22)7-6-15(25)21(17)29)8-9-33(23)24-30-11(2)19(27)12(3)31-24/h4-7,23,32H,8-9H2,1-3H3/t23-/m0/s1. The Morgan fingerprint density at radius 1 is 0.909 bits per heavy atom. The molecule has 4 aromatic rings. The van der Waals surface area contributed by atoms with Crippen molar-refractivity contribution in [3.63, 3.8) is 0 Å². The van der Waals surface area contributed by atoms with Gasteiger partial charge in [-0.3, -0.25) is 0 Å². The molecular formula is C24H19ClF4N4. The van der Waals surface area contributed by atoms with Gasteiger partial charge in [-0.25, -0.2) is 27.5 Å². The number of halogens is 5. The van der Waals surface area contributed by atoms with Gasteiger partial charge in [0.05, 0.1) is 16.4 Å². The molecule has 9 heteroatoms. The molecule has 0 radical (unpaired) electrons. The number of fused-ring (bicyclic) bond motifs is 3. The Balaban J connectivity index is 1.79. The van der Waals surface area contributed by atoms with Crippen molar-refractivity contribution in [3.8, 4) is 0 Å². The largest absolute Gasteiger partial charge is 0.356 e. The van der Waals surface area contributed by atoms with Gasteiger partial charge in [-0.15, -0.1) is 0 Å². The van der Waals surface area contributed by atoms with E-state index in [9.17, 15) is 13.2 Å². The van der Waals surface area contributed by atoms with Gasteiger partial charge in [0.15, 0.2) is 23.3 Å². The Bertz CT molecular complexity index is 1410. The second-order valence-corrected chi connectivity index (χ2v) is 8.66. The summed E-state index contributed by atoms with van der Waals surface area (Å²) < 4.78 is 59.0. The minimum absolute atomic E-state index is 0.0241. The van der Waals surface area contributed by atoms with E-state index in [0.29, 0.717) is 28.6 Å². The van der Waals surface area contributed by atoms with Gasteiger partial charge in [0, 0.05) is 28.7 Å². The molecule has 1 atom stereocenters. The predicted octanol–water partition coefficient (Wildman–Crippen LogP) is 6.25. The summed E-state index contributed by atoms with van der Waals surface area (Å²) in [5, 5.41) is 0.298. The Morgan fingerprint density at radius 3 is 2.30 bits per heavy atom. The second-order valence-electron chi connectivity index (χ2n) is 8.26. The van der Waals surface area contributed by atoms with Crippen LogP contribution in [0.2, 0.25) is 5.02 Å². The van der Waals surface area contributed by atoms with Crippen molar-refractivity contribution in [1.82, 2.24) is 15.0 Å². The second kappa shape index (κ2) is 7.73. The Kier molecular flexibility index (Phi) is 5.08. The number of benzene rings is 2. The predicted molar refractivity (Wildman–Crippen MR) is 119 cm³/mol. The lowest BCUT2D eigenvalue weighted by Crippen LogP contribution is -2.38. The quantitative estimate of drug-likeness (QED) is 0.349. The SMILES string of the molecule is Cc1ccc([C@H]2c3[nH]c4ccc(Cl)c(F)c4c3CCN2c2nc(C)c(F)c(C)n2)c(F)c1F. The smallest absolute Gasteiger partial charge is 0.226 e. The number of nitrogens with zero attached hydrogens (tertiary/aromatic N) is 3.